The molecule has 0 rings (SSSR count). The number of halogens is 1. The molecule has 0 saturated carbocycles. The monoisotopic (exact) mass is 182 g/mol. The number of aliphatic hydroxyl groups excluding tert-OH is 1. The summed E-state index contributed by atoms with van der Waals surface area (Å²) in [4.78, 5) is 13.7. The minimum atomic E-state index is -1.23. The number of hydrogen-bond donors (Lipinski definition) is 2. The fourth-order valence-corrected chi connectivity index (χ4v) is 0.800. The molecular formula is C6H11ClO4. The molecule has 0 aromatic heterocycles. The topological polar surface area (TPSA) is 66.8 Å². The molecular weight excluding hydrogens is 172 g/mol. The fraction of sp³-hybridized carbons (Fsp3) is 0.833. The van der Waals surface area contributed by atoms with Gasteiger partial charge in [-0.2, -0.15) is 5.26 Å². The highest BCUT2D eigenvalue weighted by Gasteiger charge is 2.15. The zero-order valence-electron chi connectivity index (χ0n) is 5.99. The number of aliphatic hydroxyl groups is 1. The van der Waals surface area contributed by atoms with Gasteiger partial charge in [-0.1, -0.05) is 0 Å². The van der Waals surface area contributed by atoms with Crippen molar-refractivity contribution in [3.05, 3.63) is 0 Å². The summed E-state index contributed by atoms with van der Waals surface area (Å²) in [5.74, 6) is -0.513. The second-order valence-corrected chi connectivity index (χ2v) is 2.49. The van der Waals surface area contributed by atoms with Gasteiger partial charge in [-0.05, 0) is 19.3 Å². The molecule has 11 heavy (non-hydrogen) atoms. The summed E-state index contributed by atoms with van der Waals surface area (Å²) < 4.78 is 0. The molecule has 0 aliphatic heterocycles. The van der Waals surface area contributed by atoms with Crippen LogP contribution in [0.15, 0.2) is 0 Å². The summed E-state index contributed by atoms with van der Waals surface area (Å²) in [6, 6.07) is 0. The molecule has 4 nitrogen and oxygen atoms in total. The summed E-state index contributed by atoms with van der Waals surface area (Å²) in [7, 11) is 0. The van der Waals surface area contributed by atoms with Crippen LogP contribution in [0.1, 0.15) is 19.3 Å². The first-order valence-corrected chi connectivity index (χ1v) is 3.85. The van der Waals surface area contributed by atoms with Crippen LogP contribution < -0.4 is 0 Å². The summed E-state index contributed by atoms with van der Waals surface area (Å²) in [5, 5.41) is 16.7. The Labute approximate surface area is 69.7 Å². The Morgan fingerprint density at radius 2 is 2.18 bits per heavy atom. The first-order chi connectivity index (χ1) is 5.22. The first-order valence-electron chi connectivity index (χ1n) is 3.31. The van der Waals surface area contributed by atoms with E-state index in [1.54, 1.807) is 0 Å². The smallest absolute Gasteiger partial charge is 0.370 e. The fourth-order valence-electron chi connectivity index (χ4n) is 0.611. The lowest BCUT2D eigenvalue weighted by Crippen LogP contribution is -2.21. The molecule has 2 N–H and O–H groups in total. The van der Waals surface area contributed by atoms with E-state index in [-0.39, 0.29) is 6.42 Å². The average Bonchev–Trinajstić information content (AvgIpc) is 2.03. The highest BCUT2D eigenvalue weighted by molar-refractivity contribution is 6.17. The van der Waals surface area contributed by atoms with E-state index in [0.717, 1.165) is 6.42 Å². The molecule has 0 aromatic carbocycles. The van der Waals surface area contributed by atoms with Gasteiger partial charge in [-0.25, -0.2) is 4.79 Å². The molecule has 0 aromatic rings. The van der Waals surface area contributed by atoms with E-state index >= 15 is 0 Å². The van der Waals surface area contributed by atoms with E-state index in [0.29, 0.717) is 12.3 Å². The molecule has 1 unspecified atom stereocenters. The second-order valence-electron chi connectivity index (χ2n) is 2.11. The van der Waals surface area contributed by atoms with Crippen molar-refractivity contribution < 1.29 is 20.0 Å². The minimum absolute atomic E-state index is 0.270. The van der Waals surface area contributed by atoms with Crippen molar-refractivity contribution in [3.8, 4) is 0 Å². The maximum atomic E-state index is 10.4. The van der Waals surface area contributed by atoms with Crippen molar-refractivity contribution >= 4 is 17.6 Å². The molecule has 5 heteroatoms. The van der Waals surface area contributed by atoms with Crippen molar-refractivity contribution in [2.24, 2.45) is 0 Å². The molecule has 0 spiro atoms. The number of rotatable bonds is 5. The van der Waals surface area contributed by atoms with Gasteiger partial charge in [0.15, 0.2) is 6.10 Å². The van der Waals surface area contributed by atoms with Crippen LogP contribution >= 0.6 is 11.6 Å². The van der Waals surface area contributed by atoms with Crippen LogP contribution in [0.4, 0.5) is 0 Å². The quantitative estimate of drug-likeness (QED) is 0.285. The standard InChI is InChI=1S/C6H11ClO4/c7-4-2-1-3-5(8)6(9)11-10/h5,8,10H,1-4H2. The third kappa shape index (κ3) is 5.01. The number of hydrogen-bond acceptors (Lipinski definition) is 4. The molecule has 0 heterocycles. The van der Waals surface area contributed by atoms with Crippen LogP contribution in [0.5, 0.6) is 0 Å². The largest absolute Gasteiger partial charge is 0.381 e. The zero-order chi connectivity index (χ0) is 8.69. The minimum Gasteiger partial charge on any atom is -0.381 e. The number of alkyl halides is 1. The van der Waals surface area contributed by atoms with Crippen molar-refractivity contribution in [2.75, 3.05) is 5.88 Å². The van der Waals surface area contributed by atoms with Crippen LogP contribution in [0.2, 0.25) is 0 Å². The Morgan fingerprint density at radius 1 is 1.55 bits per heavy atom. The van der Waals surface area contributed by atoms with Crippen LogP contribution in [0.3, 0.4) is 0 Å². The summed E-state index contributed by atoms with van der Waals surface area (Å²) in [6.07, 6.45) is 0.409. The number of carbonyl (C=O) groups excluding carboxylic acids is 1. The van der Waals surface area contributed by atoms with E-state index in [9.17, 15) is 4.79 Å². The lowest BCUT2D eigenvalue weighted by atomic mass is 10.2. The third-order valence-corrected chi connectivity index (χ3v) is 1.49. The third-order valence-electron chi connectivity index (χ3n) is 1.22. The van der Waals surface area contributed by atoms with Gasteiger partial charge in [0.1, 0.15) is 0 Å². The highest BCUT2D eigenvalue weighted by atomic mass is 35.5. The van der Waals surface area contributed by atoms with Crippen molar-refractivity contribution in [2.45, 2.75) is 25.4 Å². The normalized spacial score (nSPS) is 12.6. The average molecular weight is 183 g/mol. The van der Waals surface area contributed by atoms with Gasteiger partial charge in [0.05, 0.1) is 0 Å². The van der Waals surface area contributed by atoms with Gasteiger partial charge in [0.25, 0.3) is 0 Å². The van der Waals surface area contributed by atoms with Crippen LogP contribution in [-0.4, -0.2) is 28.3 Å². The van der Waals surface area contributed by atoms with Crippen LogP contribution in [0.25, 0.3) is 0 Å². The summed E-state index contributed by atoms with van der Waals surface area (Å²) >= 11 is 5.35. The lowest BCUT2D eigenvalue weighted by molar-refractivity contribution is -0.242. The van der Waals surface area contributed by atoms with E-state index in [1.807, 2.05) is 0 Å². The Bertz CT molecular complexity index is 117. The maximum absolute atomic E-state index is 10.4. The van der Waals surface area contributed by atoms with E-state index in [4.69, 9.17) is 22.0 Å². The van der Waals surface area contributed by atoms with Gasteiger partial charge in [0, 0.05) is 5.88 Å². The Balaban J connectivity index is 3.36. The van der Waals surface area contributed by atoms with E-state index < -0.39 is 12.1 Å². The molecule has 0 fully saturated rings. The molecule has 0 saturated heterocycles. The van der Waals surface area contributed by atoms with Crippen molar-refractivity contribution in [1.82, 2.24) is 0 Å². The predicted molar refractivity (Wildman–Crippen MR) is 39.3 cm³/mol. The predicted octanol–water partition coefficient (Wildman–Crippen LogP) is 0.773. The van der Waals surface area contributed by atoms with Crippen LogP contribution in [-0.2, 0) is 9.68 Å². The molecule has 0 aliphatic rings. The molecule has 1 atom stereocenters. The highest BCUT2D eigenvalue weighted by Crippen LogP contribution is 2.02. The zero-order valence-corrected chi connectivity index (χ0v) is 6.75. The van der Waals surface area contributed by atoms with Gasteiger partial charge in [-0.3, -0.25) is 4.89 Å². The SMILES string of the molecule is O=C(OO)C(O)CCCCCl. The number of unbranched alkanes of at least 4 members (excludes halogenated alkanes) is 1. The first kappa shape index (κ1) is 10.7. The van der Waals surface area contributed by atoms with E-state index in [1.165, 1.54) is 0 Å². The molecule has 0 aliphatic carbocycles. The van der Waals surface area contributed by atoms with E-state index in [2.05, 4.69) is 4.89 Å². The summed E-state index contributed by atoms with van der Waals surface area (Å²) in [6.45, 7) is 0. The molecule has 0 bridgehead atoms. The van der Waals surface area contributed by atoms with Gasteiger partial charge < -0.3 is 5.11 Å². The second kappa shape index (κ2) is 6.39. The molecule has 0 amide bonds. The summed E-state index contributed by atoms with van der Waals surface area (Å²) in [5.41, 5.74) is 0. The van der Waals surface area contributed by atoms with Crippen molar-refractivity contribution in [1.29, 1.82) is 0 Å². The van der Waals surface area contributed by atoms with Gasteiger partial charge >= 0.3 is 5.97 Å². The van der Waals surface area contributed by atoms with Gasteiger partial charge in [0.2, 0.25) is 0 Å². The molecule has 0 radical (unpaired) electrons. The number of carbonyl (C=O) groups is 1. The Kier molecular flexibility index (Phi) is 6.21. The maximum Gasteiger partial charge on any atom is 0.370 e. The van der Waals surface area contributed by atoms with Gasteiger partial charge in [-0.15, -0.1) is 11.6 Å². The lowest BCUT2D eigenvalue weighted by Gasteiger charge is -2.04. The molecule has 66 valence electrons. The van der Waals surface area contributed by atoms with Crippen molar-refractivity contribution in [3.63, 3.8) is 0 Å². The Morgan fingerprint density at radius 3 is 2.64 bits per heavy atom. The van der Waals surface area contributed by atoms with Crippen LogP contribution in [0, 0.1) is 0 Å². The Hall–Kier alpha value is -0.320.